The van der Waals surface area contributed by atoms with Gasteiger partial charge in [0.15, 0.2) is 0 Å². The van der Waals surface area contributed by atoms with Crippen molar-refractivity contribution in [3.8, 4) is 0 Å². The molecule has 0 spiro atoms. The second-order valence-electron chi connectivity index (χ2n) is 7.37. The summed E-state index contributed by atoms with van der Waals surface area (Å²) in [4.78, 5) is 2.43. The van der Waals surface area contributed by atoms with E-state index in [1.54, 1.807) is 0 Å². The Morgan fingerprint density at radius 3 is 2.52 bits per heavy atom. The molecule has 0 amide bonds. The normalized spacial score (nSPS) is 31.9. The van der Waals surface area contributed by atoms with Gasteiger partial charge in [0.1, 0.15) is 0 Å². The van der Waals surface area contributed by atoms with Gasteiger partial charge in [0.25, 0.3) is 0 Å². The van der Waals surface area contributed by atoms with Gasteiger partial charge < -0.3 is 20.7 Å². The zero-order valence-corrected chi connectivity index (χ0v) is 14.5. The molecule has 4 heteroatoms. The van der Waals surface area contributed by atoms with Crippen molar-refractivity contribution in [1.29, 1.82) is 0 Å². The topological polar surface area (TPSA) is 50.5 Å². The Bertz CT molecular complexity index is 489. The Kier molecular flexibility index (Phi) is 5.44. The largest absolute Gasteiger partial charge is 0.385 e. The monoisotopic (exact) mass is 317 g/mol. The van der Waals surface area contributed by atoms with E-state index in [0.717, 1.165) is 25.6 Å². The predicted octanol–water partition coefficient (Wildman–Crippen LogP) is 3.23. The number of nitrogens with two attached hydrogens (primary N) is 1. The van der Waals surface area contributed by atoms with Gasteiger partial charge >= 0.3 is 0 Å². The Balaban J connectivity index is 1.57. The molecule has 3 rings (SSSR count). The SMILES string of the molecule is CC1CN(c2cccc(NCC3CCC(N)CC3)c2)CC(C)O1. The summed E-state index contributed by atoms with van der Waals surface area (Å²) in [5.41, 5.74) is 8.51. The number of hydrogen-bond acceptors (Lipinski definition) is 4. The number of ether oxygens (including phenoxy) is 1. The summed E-state index contributed by atoms with van der Waals surface area (Å²) in [5, 5.41) is 3.63. The molecule has 1 aliphatic heterocycles. The number of nitrogens with one attached hydrogen (secondary N) is 1. The minimum atomic E-state index is 0.293. The Labute approximate surface area is 140 Å². The van der Waals surface area contributed by atoms with Crippen LogP contribution in [-0.2, 0) is 4.74 Å². The maximum Gasteiger partial charge on any atom is 0.0726 e. The van der Waals surface area contributed by atoms with E-state index in [4.69, 9.17) is 10.5 Å². The molecule has 2 aliphatic rings. The number of anilines is 2. The van der Waals surface area contributed by atoms with Crippen molar-refractivity contribution in [2.45, 2.75) is 57.8 Å². The first-order chi connectivity index (χ1) is 11.1. The van der Waals surface area contributed by atoms with Gasteiger partial charge in [0, 0.05) is 37.1 Å². The molecule has 2 atom stereocenters. The van der Waals surface area contributed by atoms with Crippen LogP contribution in [0.4, 0.5) is 11.4 Å². The van der Waals surface area contributed by atoms with Crippen LogP contribution in [0.15, 0.2) is 24.3 Å². The Morgan fingerprint density at radius 2 is 1.83 bits per heavy atom. The standard InChI is InChI=1S/C19H31N3O/c1-14-12-22(13-15(2)23-14)19-5-3-4-18(10-19)21-11-16-6-8-17(20)9-7-16/h3-5,10,14-17,21H,6-9,11-13,20H2,1-2H3. The van der Waals surface area contributed by atoms with Crippen LogP contribution in [0.25, 0.3) is 0 Å². The zero-order chi connectivity index (χ0) is 16.2. The van der Waals surface area contributed by atoms with Gasteiger partial charge in [-0.1, -0.05) is 6.07 Å². The van der Waals surface area contributed by atoms with Crippen molar-refractivity contribution in [2.75, 3.05) is 29.9 Å². The molecule has 4 nitrogen and oxygen atoms in total. The molecule has 1 saturated heterocycles. The highest BCUT2D eigenvalue weighted by Gasteiger charge is 2.22. The number of benzene rings is 1. The minimum Gasteiger partial charge on any atom is -0.385 e. The molecule has 0 bridgehead atoms. The quantitative estimate of drug-likeness (QED) is 0.895. The highest BCUT2D eigenvalue weighted by atomic mass is 16.5. The second-order valence-corrected chi connectivity index (χ2v) is 7.37. The molecule has 1 aromatic rings. The summed E-state index contributed by atoms with van der Waals surface area (Å²) >= 11 is 0. The van der Waals surface area contributed by atoms with Crippen molar-refractivity contribution < 1.29 is 4.74 Å². The first-order valence-corrected chi connectivity index (χ1v) is 9.10. The van der Waals surface area contributed by atoms with Crippen molar-refractivity contribution in [3.63, 3.8) is 0 Å². The van der Waals surface area contributed by atoms with E-state index in [-0.39, 0.29) is 0 Å². The number of hydrogen-bond donors (Lipinski definition) is 2. The summed E-state index contributed by atoms with van der Waals surface area (Å²) in [6.45, 7) is 7.30. The van der Waals surface area contributed by atoms with Crippen LogP contribution in [0.5, 0.6) is 0 Å². The molecule has 1 saturated carbocycles. The van der Waals surface area contributed by atoms with E-state index < -0.39 is 0 Å². The molecular weight excluding hydrogens is 286 g/mol. The maximum absolute atomic E-state index is 5.99. The smallest absolute Gasteiger partial charge is 0.0726 e. The summed E-state index contributed by atoms with van der Waals surface area (Å²) in [6.07, 6.45) is 5.45. The van der Waals surface area contributed by atoms with E-state index in [1.165, 1.54) is 37.1 Å². The van der Waals surface area contributed by atoms with Crippen molar-refractivity contribution in [3.05, 3.63) is 24.3 Å². The highest BCUT2D eigenvalue weighted by molar-refractivity contribution is 5.58. The third-order valence-electron chi connectivity index (χ3n) is 5.12. The second kappa shape index (κ2) is 7.54. The van der Waals surface area contributed by atoms with Gasteiger partial charge in [-0.15, -0.1) is 0 Å². The van der Waals surface area contributed by atoms with Gasteiger partial charge in [-0.05, 0) is 63.6 Å². The molecule has 0 radical (unpaired) electrons. The van der Waals surface area contributed by atoms with Gasteiger partial charge in [-0.2, -0.15) is 0 Å². The summed E-state index contributed by atoms with van der Waals surface area (Å²) in [5.74, 6) is 0.766. The number of morpholine rings is 1. The summed E-state index contributed by atoms with van der Waals surface area (Å²) in [7, 11) is 0. The fourth-order valence-electron chi connectivity index (χ4n) is 3.86. The fourth-order valence-corrected chi connectivity index (χ4v) is 3.86. The molecule has 3 N–H and O–H groups in total. The van der Waals surface area contributed by atoms with Crippen LogP contribution in [0.1, 0.15) is 39.5 Å². The molecule has 128 valence electrons. The molecule has 0 aromatic heterocycles. The first-order valence-electron chi connectivity index (χ1n) is 9.10. The third kappa shape index (κ3) is 4.61. The molecule has 2 fully saturated rings. The molecule has 23 heavy (non-hydrogen) atoms. The van der Waals surface area contributed by atoms with Crippen molar-refractivity contribution in [1.82, 2.24) is 0 Å². The number of rotatable bonds is 4. The van der Waals surface area contributed by atoms with E-state index in [0.29, 0.717) is 18.2 Å². The first kappa shape index (κ1) is 16.6. The fraction of sp³-hybridized carbons (Fsp3) is 0.684. The van der Waals surface area contributed by atoms with Crippen LogP contribution in [0, 0.1) is 5.92 Å². The highest BCUT2D eigenvalue weighted by Crippen LogP contribution is 2.26. The van der Waals surface area contributed by atoms with E-state index in [1.807, 2.05) is 0 Å². The van der Waals surface area contributed by atoms with Crippen LogP contribution < -0.4 is 16.0 Å². The zero-order valence-electron chi connectivity index (χ0n) is 14.5. The van der Waals surface area contributed by atoms with Crippen molar-refractivity contribution in [2.24, 2.45) is 11.7 Å². The lowest BCUT2D eigenvalue weighted by molar-refractivity contribution is -0.00521. The van der Waals surface area contributed by atoms with Gasteiger partial charge in [-0.25, -0.2) is 0 Å². The lowest BCUT2D eigenvalue weighted by atomic mass is 9.86. The Hall–Kier alpha value is -1.26. The maximum atomic E-state index is 5.99. The molecule has 1 aliphatic carbocycles. The van der Waals surface area contributed by atoms with Crippen LogP contribution in [0.2, 0.25) is 0 Å². The molecule has 1 aromatic carbocycles. The molecule has 2 unspecified atom stereocenters. The van der Waals surface area contributed by atoms with E-state index in [9.17, 15) is 0 Å². The average molecular weight is 317 g/mol. The van der Waals surface area contributed by atoms with Crippen LogP contribution >= 0.6 is 0 Å². The van der Waals surface area contributed by atoms with Crippen LogP contribution in [0.3, 0.4) is 0 Å². The predicted molar refractivity (Wildman–Crippen MR) is 97.1 cm³/mol. The van der Waals surface area contributed by atoms with E-state index >= 15 is 0 Å². The van der Waals surface area contributed by atoms with Crippen LogP contribution in [-0.4, -0.2) is 37.9 Å². The summed E-state index contributed by atoms with van der Waals surface area (Å²) in [6, 6.07) is 9.24. The van der Waals surface area contributed by atoms with Gasteiger partial charge in [-0.3, -0.25) is 0 Å². The van der Waals surface area contributed by atoms with Gasteiger partial charge in [0.2, 0.25) is 0 Å². The van der Waals surface area contributed by atoms with Gasteiger partial charge in [0.05, 0.1) is 12.2 Å². The number of nitrogens with zero attached hydrogens (tertiary/aromatic N) is 1. The minimum absolute atomic E-state index is 0.293. The lowest BCUT2D eigenvalue weighted by Gasteiger charge is -2.37. The summed E-state index contributed by atoms with van der Waals surface area (Å²) < 4.78 is 5.84. The third-order valence-corrected chi connectivity index (χ3v) is 5.12. The molecule has 1 heterocycles. The Morgan fingerprint density at radius 1 is 1.13 bits per heavy atom. The lowest BCUT2D eigenvalue weighted by Crippen LogP contribution is -2.45. The molecular formula is C19H31N3O. The van der Waals surface area contributed by atoms with Crippen molar-refractivity contribution >= 4 is 11.4 Å². The van der Waals surface area contributed by atoms with E-state index in [2.05, 4.69) is 48.3 Å². The average Bonchev–Trinajstić information content (AvgIpc) is 2.54.